The van der Waals surface area contributed by atoms with Crippen LogP contribution in [0, 0.1) is 0 Å². The number of alkyl halides is 3. The van der Waals surface area contributed by atoms with Gasteiger partial charge in [0.15, 0.2) is 0 Å². The Morgan fingerprint density at radius 2 is 1.81 bits per heavy atom. The summed E-state index contributed by atoms with van der Waals surface area (Å²) < 4.78 is 39.3. The van der Waals surface area contributed by atoms with Crippen LogP contribution in [0.3, 0.4) is 0 Å². The first-order valence-corrected chi connectivity index (χ1v) is 14.3. The minimum atomic E-state index is -5.08. The molecule has 1 aromatic carbocycles. The van der Waals surface area contributed by atoms with E-state index in [-0.39, 0.29) is 5.69 Å². The third kappa shape index (κ3) is 6.59. The molecule has 0 amide bonds. The van der Waals surface area contributed by atoms with Crippen molar-refractivity contribution in [2.75, 3.05) is 26.2 Å². The number of aryl methyl sites for hydroxylation is 1. The first-order chi connectivity index (χ1) is 20.1. The number of likely N-dealkylation sites (tertiary alicyclic amines) is 1. The zero-order chi connectivity index (χ0) is 29.9. The van der Waals surface area contributed by atoms with E-state index >= 15 is 0 Å². The molecule has 3 aromatic heterocycles. The van der Waals surface area contributed by atoms with Crippen LogP contribution < -0.4 is 10.4 Å². The minimum absolute atomic E-state index is 0.0938. The molecule has 0 spiro atoms. The Balaban J connectivity index is 0.000000451. The lowest BCUT2D eigenvalue weighted by atomic mass is 9.82. The molecule has 224 valence electrons. The van der Waals surface area contributed by atoms with E-state index in [0.717, 1.165) is 64.6 Å². The molecule has 9 nitrogen and oxygen atoms in total. The molecule has 1 aliphatic heterocycles. The maximum atomic E-state index is 12.5. The molecule has 2 aliphatic rings. The lowest BCUT2D eigenvalue weighted by Crippen LogP contribution is -2.31. The number of benzene rings is 1. The highest BCUT2D eigenvalue weighted by Crippen LogP contribution is 2.40. The SMILES string of the molecule is Cn1c(=O)[nH]c2c3cc(-c4ccc(OCCCN5CCCCC5)nc4)ccc3nc(C3CCC3)c21.O=C(O)C(F)(F)F. The van der Waals surface area contributed by atoms with Gasteiger partial charge in [-0.15, -0.1) is 0 Å². The van der Waals surface area contributed by atoms with Gasteiger partial charge in [-0.2, -0.15) is 13.2 Å². The lowest BCUT2D eigenvalue weighted by Gasteiger charge is -2.26. The van der Waals surface area contributed by atoms with Crippen LogP contribution in [0.1, 0.15) is 56.6 Å². The molecule has 2 N–H and O–H groups in total. The molecule has 1 saturated carbocycles. The molecular weight excluding hydrogens is 551 g/mol. The molecule has 6 rings (SSSR count). The number of nitrogens with one attached hydrogen (secondary N) is 1. The van der Waals surface area contributed by atoms with Gasteiger partial charge in [0, 0.05) is 42.7 Å². The second kappa shape index (κ2) is 12.5. The van der Waals surface area contributed by atoms with Crippen molar-refractivity contribution in [2.45, 2.75) is 57.0 Å². The number of piperidine rings is 1. The number of ether oxygens (including phenoxy) is 1. The summed E-state index contributed by atoms with van der Waals surface area (Å²) in [6, 6.07) is 10.3. The van der Waals surface area contributed by atoms with Gasteiger partial charge in [-0.25, -0.2) is 14.6 Å². The number of hydrogen-bond donors (Lipinski definition) is 2. The largest absolute Gasteiger partial charge is 0.490 e. The molecule has 4 heterocycles. The van der Waals surface area contributed by atoms with Gasteiger partial charge in [-0.3, -0.25) is 9.55 Å². The number of aromatic nitrogens is 4. The Labute approximate surface area is 240 Å². The zero-order valence-electron chi connectivity index (χ0n) is 23.4. The first-order valence-electron chi connectivity index (χ1n) is 14.3. The highest BCUT2D eigenvalue weighted by atomic mass is 19.4. The quantitative estimate of drug-likeness (QED) is 0.270. The summed E-state index contributed by atoms with van der Waals surface area (Å²) in [5.41, 5.74) is 5.77. The summed E-state index contributed by atoms with van der Waals surface area (Å²) in [6.45, 7) is 4.23. The second-order valence-corrected chi connectivity index (χ2v) is 10.9. The summed E-state index contributed by atoms with van der Waals surface area (Å²) in [6.07, 6.45) is 5.33. The van der Waals surface area contributed by atoms with Gasteiger partial charge in [0.1, 0.15) is 0 Å². The monoisotopic (exact) mass is 585 g/mol. The van der Waals surface area contributed by atoms with Gasteiger partial charge in [0.05, 0.1) is 28.9 Å². The number of nitrogens with zero attached hydrogens (tertiary/aromatic N) is 4. The number of aliphatic carboxylic acids is 1. The molecule has 2 fully saturated rings. The number of pyridine rings is 2. The smallest absolute Gasteiger partial charge is 0.478 e. The number of hydrogen-bond acceptors (Lipinski definition) is 6. The molecule has 0 radical (unpaired) electrons. The predicted octanol–water partition coefficient (Wildman–Crippen LogP) is 5.63. The first kappa shape index (κ1) is 29.6. The number of carboxylic acids is 1. The normalized spacial score (nSPS) is 16.2. The summed E-state index contributed by atoms with van der Waals surface area (Å²) in [5.74, 6) is -1.65. The van der Waals surface area contributed by atoms with Gasteiger partial charge in [-0.05, 0) is 69.0 Å². The van der Waals surface area contributed by atoms with Crippen LogP contribution in [0.4, 0.5) is 13.2 Å². The highest BCUT2D eigenvalue weighted by Gasteiger charge is 2.38. The molecule has 0 bridgehead atoms. The fourth-order valence-corrected chi connectivity index (χ4v) is 5.46. The topological polar surface area (TPSA) is 113 Å². The van der Waals surface area contributed by atoms with E-state index in [1.807, 2.05) is 19.3 Å². The number of rotatable bonds is 7. The average Bonchev–Trinajstić information content (AvgIpc) is 3.25. The van der Waals surface area contributed by atoms with Crippen molar-refractivity contribution in [1.29, 1.82) is 0 Å². The fourth-order valence-electron chi connectivity index (χ4n) is 5.46. The zero-order valence-corrected chi connectivity index (χ0v) is 23.4. The molecule has 0 atom stereocenters. The number of imidazole rings is 1. The molecule has 42 heavy (non-hydrogen) atoms. The Bertz CT molecular complexity index is 1600. The van der Waals surface area contributed by atoms with Gasteiger partial charge in [0.25, 0.3) is 0 Å². The average molecular weight is 586 g/mol. The van der Waals surface area contributed by atoms with Crippen LogP contribution in [0.5, 0.6) is 5.88 Å². The summed E-state index contributed by atoms with van der Waals surface area (Å²) in [4.78, 5) is 36.6. The summed E-state index contributed by atoms with van der Waals surface area (Å²) >= 11 is 0. The van der Waals surface area contributed by atoms with E-state index in [1.54, 1.807) is 4.57 Å². The lowest BCUT2D eigenvalue weighted by molar-refractivity contribution is -0.192. The Hall–Kier alpha value is -3.93. The number of halogens is 3. The van der Waals surface area contributed by atoms with Crippen molar-refractivity contribution in [2.24, 2.45) is 7.05 Å². The van der Waals surface area contributed by atoms with Gasteiger partial charge in [0.2, 0.25) is 5.88 Å². The number of fused-ring (bicyclic) bond motifs is 3. The van der Waals surface area contributed by atoms with Gasteiger partial charge < -0.3 is 19.7 Å². The molecule has 1 aliphatic carbocycles. The van der Waals surface area contributed by atoms with E-state index < -0.39 is 12.1 Å². The molecule has 0 unspecified atom stereocenters. The van der Waals surface area contributed by atoms with Gasteiger partial charge >= 0.3 is 17.8 Å². The van der Waals surface area contributed by atoms with E-state index in [0.29, 0.717) is 18.4 Å². The van der Waals surface area contributed by atoms with Crippen molar-refractivity contribution >= 4 is 27.9 Å². The number of carbonyl (C=O) groups is 1. The van der Waals surface area contributed by atoms with Crippen molar-refractivity contribution < 1.29 is 27.8 Å². The molecule has 12 heteroatoms. The van der Waals surface area contributed by atoms with Crippen molar-refractivity contribution in [1.82, 2.24) is 24.4 Å². The standard InChI is InChI=1S/C28H33N5O2.C2HF3O2/c1-32-27-25(19-7-5-8-19)30-23-11-9-20(17-22(23)26(27)31-28(32)34)21-10-12-24(29-18-21)35-16-6-15-33-13-3-2-4-14-33;3-2(4,5)1(6)7/h9-12,17-19H,2-8,13-16H2,1H3,(H,31,34);(H,6,7). The van der Waals surface area contributed by atoms with Gasteiger partial charge in [-0.1, -0.05) is 18.9 Å². The Morgan fingerprint density at radius 3 is 2.43 bits per heavy atom. The molecule has 1 saturated heterocycles. The van der Waals surface area contributed by atoms with E-state index in [1.165, 1.54) is 38.8 Å². The van der Waals surface area contributed by atoms with Crippen LogP contribution in [0.15, 0.2) is 41.3 Å². The van der Waals surface area contributed by atoms with E-state index in [4.69, 9.17) is 19.6 Å². The number of H-pyrrole nitrogens is 1. The molecule has 4 aromatic rings. The molecular formula is C30H34F3N5O4. The van der Waals surface area contributed by atoms with Crippen LogP contribution in [0.2, 0.25) is 0 Å². The van der Waals surface area contributed by atoms with E-state index in [2.05, 4.69) is 39.1 Å². The predicted molar refractivity (Wildman–Crippen MR) is 153 cm³/mol. The number of aromatic amines is 1. The van der Waals surface area contributed by atoms with Crippen LogP contribution in [-0.4, -0.2) is 67.9 Å². The van der Waals surface area contributed by atoms with Crippen LogP contribution in [0.25, 0.3) is 33.1 Å². The Morgan fingerprint density at radius 1 is 1.10 bits per heavy atom. The van der Waals surface area contributed by atoms with E-state index in [9.17, 15) is 18.0 Å². The summed E-state index contributed by atoms with van der Waals surface area (Å²) in [7, 11) is 1.83. The minimum Gasteiger partial charge on any atom is -0.478 e. The maximum absolute atomic E-state index is 12.5. The third-order valence-electron chi connectivity index (χ3n) is 7.98. The van der Waals surface area contributed by atoms with Crippen LogP contribution >= 0.6 is 0 Å². The maximum Gasteiger partial charge on any atom is 0.490 e. The Kier molecular flexibility index (Phi) is 8.81. The van der Waals surface area contributed by atoms with Crippen molar-refractivity contribution in [3.8, 4) is 17.0 Å². The highest BCUT2D eigenvalue weighted by molar-refractivity contribution is 6.04. The van der Waals surface area contributed by atoms with Crippen molar-refractivity contribution in [3.05, 3.63) is 52.7 Å². The second-order valence-electron chi connectivity index (χ2n) is 10.9. The summed E-state index contributed by atoms with van der Waals surface area (Å²) in [5, 5.41) is 8.09. The number of carboxylic acid groups (broad SMARTS) is 1. The van der Waals surface area contributed by atoms with Crippen LogP contribution in [-0.2, 0) is 11.8 Å². The van der Waals surface area contributed by atoms with Crippen molar-refractivity contribution in [3.63, 3.8) is 0 Å². The fraction of sp³-hybridized carbons (Fsp3) is 0.467. The third-order valence-corrected chi connectivity index (χ3v) is 7.98.